The van der Waals surface area contributed by atoms with Crippen molar-refractivity contribution in [3.05, 3.63) is 57.5 Å². The van der Waals surface area contributed by atoms with E-state index in [1.165, 1.54) is 33.7 Å². The molecule has 0 spiro atoms. The van der Waals surface area contributed by atoms with E-state index in [9.17, 15) is 28.7 Å². The van der Waals surface area contributed by atoms with Gasteiger partial charge < -0.3 is 25.4 Å². The van der Waals surface area contributed by atoms with Crippen LogP contribution in [0.5, 0.6) is 5.75 Å². The second-order valence-corrected chi connectivity index (χ2v) is 10.5. The molecule has 1 atom stereocenters. The van der Waals surface area contributed by atoms with Crippen molar-refractivity contribution < 1.29 is 28.6 Å². The highest BCUT2D eigenvalue weighted by Gasteiger charge is 2.47. The van der Waals surface area contributed by atoms with Gasteiger partial charge >= 0.3 is 0 Å². The minimum atomic E-state index is -0.986. The average molecular weight is 558 g/mol. The van der Waals surface area contributed by atoms with E-state index in [2.05, 4.69) is 20.4 Å². The first kappa shape index (κ1) is 29.2. The van der Waals surface area contributed by atoms with Crippen molar-refractivity contribution in [2.75, 3.05) is 20.3 Å². The molecule has 2 aromatic rings. The summed E-state index contributed by atoms with van der Waals surface area (Å²) in [6, 6.07) is 4.98. The van der Waals surface area contributed by atoms with Crippen molar-refractivity contribution in [2.24, 2.45) is 5.92 Å². The molecule has 4 aliphatic rings. The molecule has 0 radical (unpaired) electrons. The molecule has 4 heterocycles. The zero-order valence-corrected chi connectivity index (χ0v) is 22.8. The van der Waals surface area contributed by atoms with E-state index >= 15 is 0 Å². The van der Waals surface area contributed by atoms with E-state index in [0.717, 1.165) is 25.9 Å². The van der Waals surface area contributed by atoms with Gasteiger partial charge in [0.05, 0.1) is 5.54 Å². The molecule has 1 aromatic carbocycles. The Hall–Kier alpha value is -3.80. The Morgan fingerprint density at radius 3 is 2.52 bits per heavy atom. The number of carbonyl (C=O) groups is 3. The molecule has 12 heteroatoms. The van der Waals surface area contributed by atoms with Gasteiger partial charge in [0.25, 0.3) is 11.5 Å². The molecule has 1 aromatic heterocycles. The lowest BCUT2D eigenvalue weighted by Crippen LogP contribution is -2.54. The van der Waals surface area contributed by atoms with Gasteiger partial charge in [-0.25, -0.2) is 9.37 Å². The fraction of sp³-hybridized carbons (Fsp3) is 0.536. The van der Waals surface area contributed by atoms with Gasteiger partial charge in [-0.2, -0.15) is 0 Å². The summed E-state index contributed by atoms with van der Waals surface area (Å²) in [7, 11) is 1.68. The Balaban J connectivity index is 0.000000867. The van der Waals surface area contributed by atoms with Gasteiger partial charge in [-0.1, -0.05) is 12.1 Å². The fourth-order valence-corrected chi connectivity index (χ4v) is 5.64. The van der Waals surface area contributed by atoms with Gasteiger partial charge in [-0.3, -0.25) is 23.7 Å². The number of halogens is 1. The molecule has 2 fully saturated rings. The minimum absolute atomic E-state index is 0.0474. The van der Waals surface area contributed by atoms with Crippen molar-refractivity contribution in [3.8, 4) is 5.75 Å². The molecule has 11 nitrogen and oxygen atoms in total. The molecule has 40 heavy (non-hydrogen) atoms. The molecule has 1 saturated carbocycles. The molecular formula is C28H36FN5O6. The summed E-state index contributed by atoms with van der Waals surface area (Å²) in [4.78, 5) is 56.8. The van der Waals surface area contributed by atoms with Crippen LogP contribution in [0, 0.1) is 11.7 Å². The third-order valence-corrected chi connectivity index (χ3v) is 7.94. The summed E-state index contributed by atoms with van der Waals surface area (Å²) in [5.41, 5.74) is -1.49. The Bertz CT molecular complexity index is 1290. The lowest BCUT2D eigenvalue weighted by molar-refractivity contribution is -0.133. The quantitative estimate of drug-likeness (QED) is 0.441. The zero-order valence-electron chi connectivity index (χ0n) is 22.8. The maximum absolute atomic E-state index is 13.3. The molecule has 1 unspecified atom stereocenters. The number of benzene rings is 1. The number of hydrogen-bond acceptors (Lipinski definition) is 7. The van der Waals surface area contributed by atoms with Gasteiger partial charge in [-0.15, -0.1) is 0 Å². The van der Waals surface area contributed by atoms with Crippen LogP contribution in [0.3, 0.4) is 0 Å². The topological polar surface area (TPSA) is 143 Å². The van der Waals surface area contributed by atoms with Gasteiger partial charge in [0.15, 0.2) is 5.69 Å². The Morgan fingerprint density at radius 2 is 1.90 bits per heavy atom. The second kappa shape index (κ2) is 12.6. The summed E-state index contributed by atoms with van der Waals surface area (Å²) < 4.78 is 19.1. The maximum atomic E-state index is 13.3. The smallest absolute Gasteiger partial charge is 0.296 e. The van der Waals surface area contributed by atoms with E-state index in [1.807, 2.05) is 6.92 Å². The third-order valence-electron chi connectivity index (χ3n) is 7.94. The first-order valence-electron chi connectivity index (χ1n) is 13.6. The van der Waals surface area contributed by atoms with Crippen molar-refractivity contribution in [2.45, 2.75) is 70.1 Å². The molecule has 2 bridgehead atoms. The standard InChI is InChI=1S/C25H28FN5O5.C3H8O/c26-17-5-3-15(4-6-17)12-27-22(35)19-20(33)23(36)31-13-16-7-9-25(10-8-16,24(31)28-19)29-21(34)18-2-1-11-30(18)14-32;1-3-4-2/h3-6,14,16,18,33H,1-2,7-13H2,(H,27,35)(H,29,34);3H2,1-2H3. The number of fused-ring (bicyclic) bond motifs is 2. The summed E-state index contributed by atoms with van der Waals surface area (Å²) in [6.45, 7) is 3.68. The number of aromatic hydroxyl groups is 1. The van der Waals surface area contributed by atoms with Gasteiger partial charge in [0.1, 0.15) is 17.7 Å². The SMILES string of the molecule is CCOC.O=CN1CCCC1C(=O)NC12CCC(CC1)Cn1c2nc(C(=O)NCc2ccc(F)cc2)c(O)c1=O. The highest BCUT2D eigenvalue weighted by Crippen LogP contribution is 2.43. The number of ether oxygens (including phenoxy) is 1. The van der Waals surface area contributed by atoms with Crippen LogP contribution >= 0.6 is 0 Å². The molecular weight excluding hydrogens is 521 g/mol. The van der Waals surface area contributed by atoms with Gasteiger partial charge in [0, 0.05) is 33.4 Å². The van der Waals surface area contributed by atoms with Crippen LogP contribution in [0.15, 0.2) is 29.1 Å². The number of hydrogen-bond donors (Lipinski definition) is 3. The lowest BCUT2D eigenvalue weighted by Gasteiger charge is -2.38. The van der Waals surface area contributed by atoms with Gasteiger partial charge in [-0.05, 0) is 69.1 Å². The van der Waals surface area contributed by atoms with Crippen LogP contribution in [0.2, 0.25) is 0 Å². The maximum Gasteiger partial charge on any atom is 0.296 e. The Kier molecular flexibility index (Phi) is 9.18. The highest BCUT2D eigenvalue weighted by atomic mass is 19.1. The second-order valence-electron chi connectivity index (χ2n) is 10.5. The molecule has 216 valence electrons. The van der Waals surface area contributed by atoms with E-state index in [4.69, 9.17) is 0 Å². The van der Waals surface area contributed by atoms with Crippen LogP contribution in [-0.2, 0) is 33.0 Å². The summed E-state index contributed by atoms with van der Waals surface area (Å²) >= 11 is 0. The van der Waals surface area contributed by atoms with E-state index < -0.39 is 40.3 Å². The number of rotatable bonds is 7. The number of likely N-dealkylation sites (tertiary alicyclic amines) is 1. The van der Waals surface area contributed by atoms with Crippen LogP contribution in [0.4, 0.5) is 4.39 Å². The monoisotopic (exact) mass is 557 g/mol. The third kappa shape index (κ3) is 6.01. The van der Waals surface area contributed by atoms with Crippen molar-refractivity contribution in [1.29, 1.82) is 0 Å². The first-order chi connectivity index (χ1) is 19.2. The van der Waals surface area contributed by atoms with Gasteiger partial charge in [0.2, 0.25) is 18.1 Å². The number of carbonyl (C=O) groups excluding carboxylic acids is 3. The van der Waals surface area contributed by atoms with E-state index in [1.54, 1.807) is 7.11 Å². The van der Waals surface area contributed by atoms with Crippen molar-refractivity contribution in [3.63, 3.8) is 0 Å². The average Bonchev–Trinajstić information content (AvgIpc) is 3.34. The highest BCUT2D eigenvalue weighted by molar-refractivity contribution is 5.94. The summed E-state index contributed by atoms with van der Waals surface area (Å²) in [5, 5.41) is 16.3. The zero-order chi connectivity index (χ0) is 28.9. The summed E-state index contributed by atoms with van der Waals surface area (Å²) in [6.07, 6.45) is 4.52. The van der Waals surface area contributed by atoms with Crippen LogP contribution < -0.4 is 16.2 Å². The van der Waals surface area contributed by atoms with Crippen molar-refractivity contribution in [1.82, 2.24) is 25.1 Å². The predicted molar refractivity (Wildman–Crippen MR) is 143 cm³/mol. The molecule has 1 aliphatic carbocycles. The largest absolute Gasteiger partial charge is 0.501 e. The minimum Gasteiger partial charge on any atom is -0.501 e. The van der Waals surface area contributed by atoms with E-state index in [-0.39, 0.29) is 24.2 Å². The van der Waals surface area contributed by atoms with Crippen LogP contribution in [-0.4, -0.2) is 64.1 Å². The number of aromatic nitrogens is 2. The summed E-state index contributed by atoms with van der Waals surface area (Å²) in [5.74, 6) is -1.77. The fourth-order valence-electron chi connectivity index (χ4n) is 5.64. The number of amides is 3. The van der Waals surface area contributed by atoms with E-state index in [0.29, 0.717) is 44.3 Å². The molecule has 3 amide bonds. The number of nitrogens with zero attached hydrogens (tertiary/aromatic N) is 3. The van der Waals surface area contributed by atoms with Crippen LogP contribution in [0.1, 0.15) is 67.3 Å². The van der Waals surface area contributed by atoms with Crippen molar-refractivity contribution >= 4 is 18.2 Å². The molecule has 3 aliphatic heterocycles. The Morgan fingerprint density at radius 1 is 1.23 bits per heavy atom. The molecule has 1 saturated heterocycles. The number of methoxy groups -OCH3 is 1. The number of nitrogens with one attached hydrogen (secondary N) is 2. The first-order valence-corrected chi connectivity index (χ1v) is 13.6. The molecule has 3 N–H and O–H groups in total. The lowest BCUT2D eigenvalue weighted by atomic mass is 9.77. The van der Waals surface area contributed by atoms with Crippen LogP contribution in [0.25, 0.3) is 0 Å². The normalized spacial score (nSPS) is 22.9. The Labute approximate surface area is 231 Å². The predicted octanol–water partition coefficient (Wildman–Crippen LogP) is 1.81. The molecule has 6 rings (SSSR count).